The van der Waals surface area contributed by atoms with E-state index in [2.05, 4.69) is 15.0 Å². The number of fused-ring (bicyclic) bond motifs is 1. The molecule has 0 saturated heterocycles. The van der Waals surface area contributed by atoms with Crippen LogP contribution in [0.4, 0.5) is 0 Å². The summed E-state index contributed by atoms with van der Waals surface area (Å²) in [6, 6.07) is -2.59. The highest BCUT2D eigenvalue weighted by atomic mass is 16.6. The number of nitrogens with two attached hydrogens (primary N) is 3. The summed E-state index contributed by atoms with van der Waals surface area (Å²) in [4.78, 5) is 50.7. The van der Waals surface area contributed by atoms with Gasteiger partial charge in [-0.3, -0.25) is 14.4 Å². The fourth-order valence-electron chi connectivity index (χ4n) is 4.76. The molecule has 0 bridgehead atoms. The molecule has 0 amide bonds. The molecular formula is C28H44N6O6. The van der Waals surface area contributed by atoms with Gasteiger partial charge >= 0.3 is 17.9 Å². The molecular weight excluding hydrogens is 516 g/mol. The van der Waals surface area contributed by atoms with E-state index < -0.39 is 60.1 Å². The summed E-state index contributed by atoms with van der Waals surface area (Å²) < 4.78 is 17.6. The first-order chi connectivity index (χ1) is 18.7. The van der Waals surface area contributed by atoms with E-state index in [0.717, 1.165) is 16.8 Å². The lowest BCUT2D eigenvalue weighted by molar-refractivity contribution is -0.173. The van der Waals surface area contributed by atoms with Crippen LogP contribution < -0.4 is 17.2 Å². The largest absolute Gasteiger partial charge is 0.464 e. The number of H-pyrrole nitrogens is 1. The third kappa shape index (κ3) is 6.79. The van der Waals surface area contributed by atoms with Gasteiger partial charge in [-0.25, -0.2) is 9.97 Å². The van der Waals surface area contributed by atoms with E-state index in [-0.39, 0.29) is 24.4 Å². The van der Waals surface area contributed by atoms with E-state index in [4.69, 9.17) is 31.4 Å². The number of carbonyl (C=O) groups excluding carboxylic acids is 3. The first kappa shape index (κ1) is 31.4. The highest BCUT2D eigenvalue weighted by molar-refractivity contribution is 5.82. The number of nitrogens with one attached hydrogen (secondary N) is 1. The highest BCUT2D eigenvalue weighted by Crippen LogP contribution is 2.45. The number of hydrogen-bond donors (Lipinski definition) is 4. The van der Waals surface area contributed by atoms with Crippen molar-refractivity contribution in [1.29, 1.82) is 0 Å². The maximum Gasteiger partial charge on any atom is 0.323 e. The van der Waals surface area contributed by atoms with Gasteiger partial charge in [0.05, 0.1) is 23.3 Å². The number of ether oxygens (including phenoxy) is 3. The van der Waals surface area contributed by atoms with Crippen molar-refractivity contribution in [3.8, 4) is 0 Å². The molecule has 40 heavy (non-hydrogen) atoms. The van der Waals surface area contributed by atoms with Gasteiger partial charge in [0, 0.05) is 23.6 Å². The minimum Gasteiger partial charge on any atom is -0.464 e. The molecule has 2 heterocycles. The molecule has 12 heteroatoms. The lowest BCUT2D eigenvalue weighted by Crippen LogP contribution is -2.46. The van der Waals surface area contributed by atoms with Gasteiger partial charge in [0.1, 0.15) is 36.7 Å². The third-order valence-corrected chi connectivity index (χ3v) is 7.74. The number of hydrogen-bond acceptors (Lipinski definition) is 11. The fourth-order valence-corrected chi connectivity index (χ4v) is 4.76. The molecule has 3 rings (SSSR count). The predicted molar refractivity (Wildman–Crippen MR) is 149 cm³/mol. The van der Waals surface area contributed by atoms with Crippen LogP contribution in [0.5, 0.6) is 0 Å². The summed E-state index contributed by atoms with van der Waals surface area (Å²) in [7, 11) is 0. The van der Waals surface area contributed by atoms with Crippen molar-refractivity contribution >= 4 is 28.9 Å². The van der Waals surface area contributed by atoms with Crippen LogP contribution in [-0.4, -0.2) is 69.8 Å². The zero-order chi connectivity index (χ0) is 29.9. The zero-order valence-corrected chi connectivity index (χ0v) is 24.4. The van der Waals surface area contributed by atoms with Gasteiger partial charge in [0.15, 0.2) is 0 Å². The van der Waals surface area contributed by atoms with Gasteiger partial charge in [-0.2, -0.15) is 0 Å². The lowest BCUT2D eigenvalue weighted by Gasteiger charge is -2.29. The van der Waals surface area contributed by atoms with Gasteiger partial charge in [-0.1, -0.05) is 41.5 Å². The molecule has 7 N–H and O–H groups in total. The van der Waals surface area contributed by atoms with E-state index in [0.29, 0.717) is 11.9 Å². The molecule has 0 aliphatic heterocycles. The molecule has 2 aromatic heterocycles. The average molecular weight is 561 g/mol. The zero-order valence-electron chi connectivity index (χ0n) is 24.4. The van der Waals surface area contributed by atoms with Crippen LogP contribution in [0.25, 0.3) is 11.0 Å². The van der Waals surface area contributed by atoms with Crippen LogP contribution in [-0.2, 0) is 28.6 Å². The van der Waals surface area contributed by atoms with Gasteiger partial charge < -0.3 is 36.4 Å². The summed E-state index contributed by atoms with van der Waals surface area (Å²) in [6.45, 7) is 12.7. The molecule has 1 fully saturated rings. The normalized spacial score (nSPS) is 23.4. The molecule has 12 nitrogen and oxygen atoms in total. The van der Waals surface area contributed by atoms with E-state index in [9.17, 15) is 14.4 Å². The van der Waals surface area contributed by atoms with E-state index in [1.165, 1.54) is 6.33 Å². The summed E-state index contributed by atoms with van der Waals surface area (Å²) >= 11 is 0. The van der Waals surface area contributed by atoms with Gasteiger partial charge in [-0.15, -0.1) is 0 Å². The number of esters is 3. The van der Waals surface area contributed by atoms with E-state index >= 15 is 0 Å². The maximum absolute atomic E-state index is 13.1. The quantitative estimate of drug-likeness (QED) is 0.230. The average Bonchev–Trinajstić information content (AvgIpc) is 3.47. The lowest BCUT2D eigenvalue weighted by atomic mass is 9.96. The van der Waals surface area contributed by atoms with Crippen molar-refractivity contribution in [2.45, 2.75) is 91.1 Å². The Bertz CT molecular complexity index is 1200. The smallest absolute Gasteiger partial charge is 0.323 e. The van der Waals surface area contributed by atoms with Gasteiger partial charge in [0.2, 0.25) is 0 Å². The van der Waals surface area contributed by atoms with Crippen LogP contribution in [0.2, 0.25) is 0 Å². The topological polar surface area (TPSA) is 199 Å². The monoisotopic (exact) mass is 560 g/mol. The van der Waals surface area contributed by atoms with Gasteiger partial charge in [0.25, 0.3) is 0 Å². The Morgan fingerprint density at radius 1 is 0.875 bits per heavy atom. The van der Waals surface area contributed by atoms with Crippen molar-refractivity contribution in [3.05, 3.63) is 23.8 Å². The van der Waals surface area contributed by atoms with Crippen molar-refractivity contribution in [2.75, 3.05) is 6.61 Å². The predicted octanol–water partition coefficient (Wildman–Crippen LogP) is 1.69. The molecule has 7 atom stereocenters. The Kier molecular flexibility index (Phi) is 10.3. The molecule has 0 aromatic carbocycles. The number of carbonyl (C=O) groups is 3. The summed E-state index contributed by atoms with van der Waals surface area (Å²) in [6.07, 6.45) is 1.73. The molecule has 1 aliphatic rings. The Balaban J connectivity index is 2.04. The molecule has 0 spiro atoms. The number of aryl methyl sites for hydroxylation is 1. The fraction of sp³-hybridized carbons (Fsp3) is 0.679. The Morgan fingerprint density at radius 3 is 1.95 bits per heavy atom. The van der Waals surface area contributed by atoms with Crippen LogP contribution in [0.15, 0.2) is 12.5 Å². The van der Waals surface area contributed by atoms with Crippen molar-refractivity contribution in [3.63, 3.8) is 0 Å². The molecule has 0 unspecified atom stereocenters. The summed E-state index contributed by atoms with van der Waals surface area (Å²) in [5.74, 6) is -3.28. The van der Waals surface area contributed by atoms with Crippen LogP contribution in [0.3, 0.4) is 0 Å². The van der Waals surface area contributed by atoms with Crippen LogP contribution >= 0.6 is 0 Å². The molecule has 2 aromatic rings. The first-order valence-electron chi connectivity index (χ1n) is 13.9. The first-order valence-corrected chi connectivity index (χ1v) is 13.9. The number of rotatable bonds is 11. The number of nitrogens with zero attached hydrogens (tertiary/aromatic N) is 2. The minimum atomic E-state index is -0.957. The second-order valence-corrected chi connectivity index (χ2v) is 11.8. The molecule has 0 radical (unpaired) electrons. The standard InChI is InChI=1S/C28H44N6O6/c1-12(2)19(29)26(35)38-10-16-8-17(18-9-32-22-15(7)33-11-34-23(18)22)25(40-28(37)21(31)14(5)6)24(16)39-27(36)20(30)13(3)4/h9,11-14,16-17,19-21,24-25,32H,8,10,29-31H2,1-7H3/t16-,17+,19+,20+,21+,24-,25+/m1/s1. The maximum atomic E-state index is 13.1. The Morgan fingerprint density at radius 2 is 1.40 bits per heavy atom. The second-order valence-electron chi connectivity index (χ2n) is 11.8. The summed E-state index contributed by atoms with van der Waals surface area (Å²) in [5.41, 5.74) is 21.2. The highest BCUT2D eigenvalue weighted by Gasteiger charge is 2.51. The Labute approximate surface area is 235 Å². The van der Waals surface area contributed by atoms with Crippen LogP contribution in [0, 0.1) is 30.6 Å². The van der Waals surface area contributed by atoms with Crippen molar-refractivity contribution < 1.29 is 28.6 Å². The van der Waals surface area contributed by atoms with E-state index in [1.54, 1.807) is 6.20 Å². The molecule has 1 saturated carbocycles. The Hall–Kier alpha value is -3.09. The SMILES string of the molecule is Cc1ncnc2c([C@@H]3C[C@H](COC(=O)[C@@H](N)C(C)C)[C@@H](OC(=O)[C@@H](N)C(C)C)[C@H]3OC(=O)[C@@H](N)C(C)C)c[nH]c12. The molecule has 1 aliphatic carbocycles. The van der Waals surface area contributed by atoms with Crippen LogP contribution in [0.1, 0.15) is 65.1 Å². The second kappa shape index (κ2) is 13.0. The van der Waals surface area contributed by atoms with Crippen molar-refractivity contribution in [2.24, 2.45) is 40.9 Å². The van der Waals surface area contributed by atoms with E-state index in [1.807, 2.05) is 48.5 Å². The minimum absolute atomic E-state index is 0.0920. The summed E-state index contributed by atoms with van der Waals surface area (Å²) in [5, 5.41) is 0. The van der Waals surface area contributed by atoms with Gasteiger partial charge in [-0.05, 0) is 31.1 Å². The number of aromatic nitrogens is 3. The third-order valence-electron chi connectivity index (χ3n) is 7.74. The number of aromatic amines is 1. The van der Waals surface area contributed by atoms with Crippen molar-refractivity contribution in [1.82, 2.24) is 15.0 Å². The molecule has 222 valence electrons.